The zero-order chi connectivity index (χ0) is 13.7. The van der Waals surface area contributed by atoms with E-state index in [1.807, 2.05) is 18.4 Å². The highest BCUT2D eigenvalue weighted by Crippen LogP contribution is 2.28. The molecule has 1 aliphatic rings. The maximum atomic E-state index is 5.42. The van der Waals surface area contributed by atoms with Crippen LogP contribution in [0, 0.1) is 6.92 Å². The number of hydrogen-bond donors (Lipinski definition) is 1. The van der Waals surface area contributed by atoms with Crippen LogP contribution < -0.4 is 10.2 Å². The summed E-state index contributed by atoms with van der Waals surface area (Å²) in [5, 5.41) is 4.64. The molecule has 2 rings (SSSR count). The van der Waals surface area contributed by atoms with Crippen LogP contribution in [0.2, 0.25) is 0 Å². The molecule has 0 bridgehead atoms. The minimum absolute atomic E-state index is 0.433. The molecular formula is C14H25N3OS. The van der Waals surface area contributed by atoms with Gasteiger partial charge in [-0.25, -0.2) is 4.98 Å². The maximum Gasteiger partial charge on any atom is 0.185 e. The summed E-state index contributed by atoms with van der Waals surface area (Å²) in [4.78, 5) is 8.50. The topological polar surface area (TPSA) is 37.4 Å². The average Bonchev–Trinajstić information content (AvgIpc) is 2.81. The van der Waals surface area contributed by atoms with E-state index in [-0.39, 0.29) is 0 Å². The Morgan fingerprint density at radius 3 is 2.79 bits per heavy atom. The molecule has 0 aromatic carbocycles. The van der Waals surface area contributed by atoms with Gasteiger partial charge in [0.25, 0.3) is 0 Å². The van der Waals surface area contributed by atoms with Crippen LogP contribution in [0.1, 0.15) is 36.8 Å². The van der Waals surface area contributed by atoms with Crippen LogP contribution in [-0.2, 0) is 11.3 Å². The van der Waals surface area contributed by atoms with Crippen molar-refractivity contribution in [2.75, 3.05) is 31.6 Å². The van der Waals surface area contributed by atoms with Gasteiger partial charge in [0, 0.05) is 31.6 Å². The lowest BCUT2D eigenvalue weighted by atomic mass is 10.1. The molecule has 0 radical (unpaired) electrons. The highest BCUT2D eigenvalue weighted by Gasteiger charge is 2.21. The standard InChI is InChI=1S/C14H25N3OS/c1-4-7-15-10-13-11(2)16-14(19-13)17-8-5-12(18-3)6-9-17/h12,15H,4-10H2,1-3H3. The first kappa shape index (κ1) is 14.8. The zero-order valence-corrected chi connectivity index (χ0v) is 13.1. The van der Waals surface area contributed by atoms with Crippen LogP contribution >= 0.6 is 11.3 Å². The fourth-order valence-corrected chi connectivity index (χ4v) is 3.46. The largest absolute Gasteiger partial charge is 0.381 e. The van der Waals surface area contributed by atoms with Gasteiger partial charge in [0.05, 0.1) is 11.8 Å². The van der Waals surface area contributed by atoms with Gasteiger partial charge in [0.1, 0.15) is 0 Å². The fourth-order valence-electron chi connectivity index (χ4n) is 2.37. The Labute approximate surface area is 120 Å². The summed E-state index contributed by atoms with van der Waals surface area (Å²) in [5.74, 6) is 0. The fraction of sp³-hybridized carbons (Fsp3) is 0.786. The number of aromatic nitrogens is 1. The van der Waals surface area contributed by atoms with Crippen molar-refractivity contribution in [3.05, 3.63) is 10.6 Å². The van der Waals surface area contributed by atoms with Crippen LogP contribution in [0.15, 0.2) is 0 Å². The smallest absolute Gasteiger partial charge is 0.185 e. The molecule has 0 unspecified atom stereocenters. The van der Waals surface area contributed by atoms with E-state index in [1.54, 1.807) is 0 Å². The lowest BCUT2D eigenvalue weighted by Gasteiger charge is -2.30. The summed E-state index contributed by atoms with van der Waals surface area (Å²) in [6.07, 6.45) is 3.83. The average molecular weight is 283 g/mol. The second-order valence-corrected chi connectivity index (χ2v) is 6.17. The first-order valence-corrected chi connectivity index (χ1v) is 8.01. The molecule has 0 atom stereocenters. The summed E-state index contributed by atoms with van der Waals surface area (Å²) < 4.78 is 5.42. The summed E-state index contributed by atoms with van der Waals surface area (Å²) >= 11 is 1.84. The Hall–Kier alpha value is -0.650. The van der Waals surface area contributed by atoms with E-state index in [2.05, 4.69) is 24.1 Å². The molecule has 1 saturated heterocycles. The van der Waals surface area contributed by atoms with E-state index in [1.165, 1.54) is 22.1 Å². The predicted molar refractivity (Wildman–Crippen MR) is 81.1 cm³/mol. The van der Waals surface area contributed by atoms with Gasteiger partial charge in [-0.3, -0.25) is 0 Å². The minimum Gasteiger partial charge on any atom is -0.381 e. The molecular weight excluding hydrogens is 258 g/mol. The van der Waals surface area contributed by atoms with Crippen molar-refractivity contribution >= 4 is 16.5 Å². The first-order valence-electron chi connectivity index (χ1n) is 7.19. The summed E-state index contributed by atoms with van der Waals surface area (Å²) in [6, 6.07) is 0. The molecule has 108 valence electrons. The van der Waals surface area contributed by atoms with Gasteiger partial charge >= 0.3 is 0 Å². The Morgan fingerprint density at radius 1 is 1.42 bits per heavy atom. The summed E-state index contributed by atoms with van der Waals surface area (Å²) in [5.41, 5.74) is 1.18. The molecule has 1 aromatic heterocycles. The zero-order valence-electron chi connectivity index (χ0n) is 12.2. The van der Waals surface area contributed by atoms with Crippen LogP contribution in [0.4, 0.5) is 5.13 Å². The van der Waals surface area contributed by atoms with E-state index >= 15 is 0 Å². The van der Waals surface area contributed by atoms with Gasteiger partial charge in [-0.05, 0) is 32.7 Å². The summed E-state index contributed by atoms with van der Waals surface area (Å²) in [7, 11) is 1.81. The Balaban J connectivity index is 1.92. The van der Waals surface area contributed by atoms with E-state index in [9.17, 15) is 0 Å². The van der Waals surface area contributed by atoms with Crippen LogP contribution in [0.25, 0.3) is 0 Å². The van der Waals surface area contributed by atoms with Crippen LogP contribution in [0.5, 0.6) is 0 Å². The molecule has 0 spiro atoms. The first-order chi connectivity index (χ1) is 9.24. The summed E-state index contributed by atoms with van der Waals surface area (Å²) in [6.45, 7) is 8.46. The molecule has 0 saturated carbocycles. The van der Waals surface area contributed by atoms with Gasteiger partial charge in [-0.2, -0.15) is 0 Å². The third-order valence-electron chi connectivity index (χ3n) is 3.64. The number of rotatable bonds is 6. The monoisotopic (exact) mass is 283 g/mol. The SMILES string of the molecule is CCCNCc1sc(N2CCC(OC)CC2)nc1C. The lowest BCUT2D eigenvalue weighted by Crippen LogP contribution is -2.36. The Bertz CT molecular complexity index is 386. The third kappa shape index (κ3) is 3.91. The van der Waals surface area contributed by atoms with Gasteiger partial charge in [0.15, 0.2) is 5.13 Å². The number of hydrogen-bond acceptors (Lipinski definition) is 5. The Kier molecular flexibility index (Phi) is 5.60. The van der Waals surface area contributed by atoms with Gasteiger partial charge < -0.3 is 15.0 Å². The molecule has 0 amide bonds. The van der Waals surface area contributed by atoms with Crippen molar-refractivity contribution in [2.45, 2.75) is 45.8 Å². The third-order valence-corrected chi connectivity index (χ3v) is 4.86. The second kappa shape index (κ2) is 7.22. The number of anilines is 1. The molecule has 1 fully saturated rings. The molecule has 1 N–H and O–H groups in total. The molecule has 4 nitrogen and oxygen atoms in total. The predicted octanol–water partition coefficient (Wildman–Crippen LogP) is 2.57. The molecule has 1 aromatic rings. The van der Waals surface area contributed by atoms with Crippen LogP contribution in [-0.4, -0.2) is 37.8 Å². The van der Waals surface area contributed by atoms with Crippen molar-refractivity contribution < 1.29 is 4.74 Å². The van der Waals surface area contributed by atoms with Crippen molar-refractivity contribution in [3.63, 3.8) is 0 Å². The molecule has 2 heterocycles. The normalized spacial score (nSPS) is 17.1. The molecule has 1 aliphatic heterocycles. The van der Waals surface area contributed by atoms with Crippen molar-refractivity contribution in [2.24, 2.45) is 0 Å². The van der Waals surface area contributed by atoms with E-state index < -0.39 is 0 Å². The number of methoxy groups -OCH3 is 1. The van der Waals surface area contributed by atoms with Gasteiger partial charge in [-0.1, -0.05) is 6.92 Å². The number of ether oxygens (including phenoxy) is 1. The number of nitrogens with zero attached hydrogens (tertiary/aromatic N) is 2. The number of thiazole rings is 1. The number of nitrogens with one attached hydrogen (secondary N) is 1. The van der Waals surface area contributed by atoms with Gasteiger partial charge in [-0.15, -0.1) is 11.3 Å². The van der Waals surface area contributed by atoms with Crippen molar-refractivity contribution in [1.82, 2.24) is 10.3 Å². The van der Waals surface area contributed by atoms with Crippen LogP contribution in [0.3, 0.4) is 0 Å². The highest BCUT2D eigenvalue weighted by molar-refractivity contribution is 7.15. The molecule has 0 aliphatic carbocycles. The van der Waals surface area contributed by atoms with E-state index in [0.29, 0.717) is 6.10 Å². The lowest BCUT2D eigenvalue weighted by molar-refractivity contribution is 0.0819. The molecule has 19 heavy (non-hydrogen) atoms. The number of piperidine rings is 1. The van der Waals surface area contributed by atoms with Crippen molar-refractivity contribution in [1.29, 1.82) is 0 Å². The number of aryl methyl sites for hydroxylation is 1. The van der Waals surface area contributed by atoms with E-state index in [4.69, 9.17) is 9.72 Å². The second-order valence-electron chi connectivity index (χ2n) is 5.10. The van der Waals surface area contributed by atoms with E-state index in [0.717, 1.165) is 39.0 Å². The van der Waals surface area contributed by atoms with Gasteiger partial charge in [0.2, 0.25) is 0 Å². The minimum atomic E-state index is 0.433. The highest BCUT2D eigenvalue weighted by atomic mass is 32.1. The maximum absolute atomic E-state index is 5.42. The Morgan fingerprint density at radius 2 is 2.16 bits per heavy atom. The quantitative estimate of drug-likeness (QED) is 0.814. The van der Waals surface area contributed by atoms with Crippen molar-refractivity contribution in [3.8, 4) is 0 Å². The molecule has 5 heteroatoms.